The summed E-state index contributed by atoms with van der Waals surface area (Å²) in [6, 6.07) is 19.3. The molecule has 178 valence electrons. The molecule has 0 aromatic heterocycles. The van der Waals surface area contributed by atoms with Crippen molar-refractivity contribution in [2.45, 2.75) is 35.5 Å². The molecule has 0 bridgehead atoms. The van der Waals surface area contributed by atoms with Gasteiger partial charge in [0.1, 0.15) is 6.10 Å². The number of hydrogen-bond acceptors (Lipinski definition) is 7. The van der Waals surface area contributed by atoms with Gasteiger partial charge in [0.15, 0.2) is 9.84 Å². The number of nitro groups is 1. The number of fused-ring (bicyclic) bond motifs is 1. The Bertz CT molecular complexity index is 1430. The molecule has 0 spiro atoms. The van der Waals surface area contributed by atoms with Gasteiger partial charge in [-0.15, -0.1) is 0 Å². The van der Waals surface area contributed by atoms with Crippen LogP contribution in [-0.2, 0) is 24.1 Å². The summed E-state index contributed by atoms with van der Waals surface area (Å²) in [5.41, 5.74) is 1.81. The molecular weight excluding hydrogens is 478 g/mol. The summed E-state index contributed by atoms with van der Waals surface area (Å²) in [6.07, 6.45) is -0.155. The summed E-state index contributed by atoms with van der Waals surface area (Å²) < 4.78 is 57.3. The number of nitro benzene ring substituents is 1. The molecule has 0 fully saturated rings. The second-order valence-electron chi connectivity index (χ2n) is 8.39. The zero-order valence-electron chi connectivity index (χ0n) is 18.5. The smallest absolute Gasteiger partial charge is 0.262 e. The molecule has 0 N–H and O–H groups in total. The molecule has 3 aromatic rings. The molecule has 3 atom stereocenters. The maximum absolute atomic E-state index is 14.0. The molecule has 34 heavy (non-hydrogen) atoms. The maximum atomic E-state index is 14.0. The third-order valence-electron chi connectivity index (χ3n) is 5.97. The van der Waals surface area contributed by atoms with Gasteiger partial charge in [-0.1, -0.05) is 54.1 Å². The number of rotatable bonds is 6. The first-order valence-electron chi connectivity index (χ1n) is 10.5. The fourth-order valence-electron chi connectivity index (χ4n) is 4.48. The Morgan fingerprint density at radius 1 is 0.912 bits per heavy atom. The first kappa shape index (κ1) is 24.1. The Hall–Kier alpha value is -3.08. The van der Waals surface area contributed by atoms with Gasteiger partial charge in [-0.05, 0) is 42.2 Å². The predicted molar refractivity (Wildman–Crippen MR) is 127 cm³/mol. The maximum Gasteiger partial charge on any atom is 0.269 e. The Kier molecular flexibility index (Phi) is 6.32. The van der Waals surface area contributed by atoms with Crippen LogP contribution in [0.1, 0.15) is 45.9 Å². The second kappa shape index (κ2) is 8.94. The van der Waals surface area contributed by atoms with Crippen LogP contribution < -0.4 is 0 Å². The van der Waals surface area contributed by atoms with E-state index in [-0.39, 0.29) is 22.6 Å². The van der Waals surface area contributed by atoms with Gasteiger partial charge in [0.2, 0.25) is 0 Å². The van der Waals surface area contributed by atoms with E-state index in [0.717, 1.165) is 11.8 Å². The van der Waals surface area contributed by atoms with Crippen molar-refractivity contribution >= 4 is 25.6 Å². The molecule has 0 aliphatic heterocycles. The SMILES string of the molecule is Cc1ccc(S(=O)(=O)C2c3ccc([N+](=O)[O-])cc3C(OS(C)(=O)=O)CC2c2ccccc2)cc1. The molecule has 0 amide bonds. The van der Waals surface area contributed by atoms with Gasteiger partial charge in [-0.3, -0.25) is 14.3 Å². The monoisotopic (exact) mass is 501 g/mol. The van der Waals surface area contributed by atoms with E-state index >= 15 is 0 Å². The highest BCUT2D eigenvalue weighted by Crippen LogP contribution is 2.52. The van der Waals surface area contributed by atoms with Gasteiger partial charge < -0.3 is 0 Å². The van der Waals surface area contributed by atoms with Gasteiger partial charge in [-0.25, -0.2) is 8.42 Å². The second-order valence-corrected chi connectivity index (χ2v) is 12.1. The number of nitrogens with zero attached hydrogens (tertiary/aromatic N) is 1. The van der Waals surface area contributed by atoms with Crippen LogP contribution in [0.2, 0.25) is 0 Å². The summed E-state index contributed by atoms with van der Waals surface area (Å²) in [6.45, 7) is 1.85. The summed E-state index contributed by atoms with van der Waals surface area (Å²) in [4.78, 5) is 10.9. The van der Waals surface area contributed by atoms with Crippen LogP contribution in [0.3, 0.4) is 0 Å². The van der Waals surface area contributed by atoms with E-state index in [1.54, 1.807) is 42.5 Å². The summed E-state index contributed by atoms with van der Waals surface area (Å²) in [7, 11) is -7.90. The van der Waals surface area contributed by atoms with Crippen molar-refractivity contribution in [1.82, 2.24) is 0 Å². The number of sulfone groups is 1. The molecule has 10 heteroatoms. The first-order valence-corrected chi connectivity index (χ1v) is 13.9. The Morgan fingerprint density at radius 2 is 1.56 bits per heavy atom. The summed E-state index contributed by atoms with van der Waals surface area (Å²) in [5, 5.41) is 10.3. The van der Waals surface area contributed by atoms with E-state index in [2.05, 4.69) is 0 Å². The van der Waals surface area contributed by atoms with Gasteiger partial charge in [0.25, 0.3) is 15.8 Å². The van der Waals surface area contributed by atoms with Crippen LogP contribution in [-0.4, -0.2) is 28.0 Å². The van der Waals surface area contributed by atoms with Crippen molar-refractivity contribution in [3.8, 4) is 0 Å². The molecule has 4 rings (SSSR count). The lowest BCUT2D eigenvalue weighted by Crippen LogP contribution is -2.30. The highest BCUT2D eigenvalue weighted by molar-refractivity contribution is 7.91. The van der Waals surface area contributed by atoms with E-state index in [9.17, 15) is 26.9 Å². The largest absolute Gasteiger partial charge is 0.269 e. The van der Waals surface area contributed by atoms with Crippen molar-refractivity contribution < 1.29 is 25.9 Å². The van der Waals surface area contributed by atoms with Gasteiger partial charge >= 0.3 is 0 Å². The first-order chi connectivity index (χ1) is 16.0. The molecule has 8 nitrogen and oxygen atoms in total. The molecule has 0 radical (unpaired) electrons. The summed E-state index contributed by atoms with van der Waals surface area (Å²) >= 11 is 0. The minimum absolute atomic E-state index is 0.0149. The average Bonchev–Trinajstić information content (AvgIpc) is 2.78. The Balaban J connectivity index is 1.98. The van der Waals surface area contributed by atoms with Crippen LogP contribution >= 0.6 is 0 Å². The normalized spacial score (nSPS) is 20.5. The van der Waals surface area contributed by atoms with E-state index in [0.29, 0.717) is 11.1 Å². The third kappa shape index (κ3) is 4.75. The summed E-state index contributed by atoms with van der Waals surface area (Å²) in [5.74, 6) is -0.645. The lowest BCUT2D eigenvalue weighted by atomic mass is 9.78. The zero-order valence-corrected chi connectivity index (χ0v) is 20.1. The zero-order chi connectivity index (χ0) is 24.7. The highest BCUT2D eigenvalue weighted by Gasteiger charge is 2.45. The molecule has 0 saturated heterocycles. The molecule has 0 saturated carbocycles. The van der Waals surface area contributed by atoms with Gasteiger partial charge in [0, 0.05) is 18.1 Å². The number of benzene rings is 3. The van der Waals surface area contributed by atoms with Gasteiger partial charge in [-0.2, -0.15) is 8.42 Å². The lowest BCUT2D eigenvalue weighted by Gasteiger charge is -2.37. The minimum atomic E-state index is -3.96. The molecule has 1 aliphatic rings. The van der Waals surface area contributed by atoms with Crippen molar-refractivity contribution in [3.63, 3.8) is 0 Å². The van der Waals surface area contributed by atoms with Crippen LogP contribution in [0.5, 0.6) is 0 Å². The average molecular weight is 502 g/mol. The fraction of sp³-hybridized carbons (Fsp3) is 0.250. The number of non-ortho nitro benzene ring substituents is 1. The number of aryl methyl sites for hydroxylation is 1. The quantitative estimate of drug-likeness (QED) is 0.274. The molecule has 3 unspecified atom stereocenters. The molecular formula is C24H23NO7S2. The van der Waals surface area contributed by atoms with Crippen LogP contribution in [0.25, 0.3) is 0 Å². The van der Waals surface area contributed by atoms with Crippen LogP contribution in [0.4, 0.5) is 5.69 Å². The molecule has 3 aromatic carbocycles. The number of hydrogen-bond donors (Lipinski definition) is 0. The highest BCUT2D eigenvalue weighted by atomic mass is 32.2. The van der Waals surface area contributed by atoms with Crippen LogP contribution in [0.15, 0.2) is 77.7 Å². The van der Waals surface area contributed by atoms with E-state index < -0.39 is 42.2 Å². The fourth-order valence-corrected chi connectivity index (χ4v) is 7.15. The topological polar surface area (TPSA) is 121 Å². The Morgan fingerprint density at radius 3 is 2.15 bits per heavy atom. The Labute approximate surface area is 198 Å². The lowest BCUT2D eigenvalue weighted by molar-refractivity contribution is -0.385. The third-order valence-corrected chi connectivity index (χ3v) is 8.73. The standard InChI is InChI=1S/C24H23NO7S2/c1-16-8-11-19(12-9-16)34(30,31)24-20-13-10-18(25(26)27)14-22(20)23(32-33(2,28)29)15-21(24)17-6-4-3-5-7-17/h3-14,21,23-24H,15H2,1-2H3. The van der Waals surface area contributed by atoms with Crippen molar-refractivity contribution in [1.29, 1.82) is 0 Å². The van der Waals surface area contributed by atoms with Crippen molar-refractivity contribution in [2.75, 3.05) is 6.26 Å². The van der Waals surface area contributed by atoms with Crippen molar-refractivity contribution in [2.24, 2.45) is 0 Å². The van der Waals surface area contributed by atoms with E-state index in [1.807, 2.05) is 6.92 Å². The van der Waals surface area contributed by atoms with Gasteiger partial charge in [0.05, 0.1) is 21.3 Å². The van der Waals surface area contributed by atoms with Crippen molar-refractivity contribution in [3.05, 3.63) is 105 Å². The molecule has 0 heterocycles. The van der Waals surface area contributed by atoms with Crippen LogP contribution in [0, 0.1) is 17.0 Å². The van der Waals surface area contributed by atoms with E-state index in [1.165, 1.54) is 30.3 Å². The van der Waals surface area contributed by atoms with E-state index in [4.69, 9.17) is 4.18 Å². The molecule has 1 aliphatic carbocycles. The minimum Gasteiger partial charge on any atom is -0.262 e. The predicted octanol–water partition coefficient (Wildman–Crippen LogP) is 4.62.